The van der Waals surface area contributed by atoms with Gasteiger partial charge in [-0.25, -0.2) is 0 Å². The lowest BCUT2D eigenvalue weighted by Gasteiger charge is -2.57. The maximum absolute atomic E-state index is 13.4. The molecule has 1 N–H and O–H groups in total. The van der Waals surface area contributed by atoms with Crippen molar-refractivity contribution in [3.63, 3.8) is 0 Å². The minimum absolute atomic E-state index is 0.0553. The van der Waals surface area contributed by atoms with E-state index in [1.165, 1.54) is 6.08 Å². The van der Waals surface area contributed by atoms with E-state index in [2.05, 4.69) is 28.0 Å². The van der Waals surface area contributed by atoms with Crippen molar-refractivity contribution in [2.45, 2.75) is 87.4 Å². The second-order valence-electron chi connectivity index (χ2n) is 11.2. The number of hydrogen-bond acceptors (Lipinski definition) is 6. The number of rotatable bonds is 2. The predicted molar refractivity (Wildman–Crippen MR) is 130 cm³/mol. The molecule has 0 aromatic rings. The Balaban J connectivity index is 1.65. The van der Waals surface area contributed by atoms with Crippen LogP contribution in [-0.2, 0) is 14.3 Å². The summed E-state index contributed by atoms with van der Waals surface area (Å²) in [7, 11) is -5.84. The van der Waals surface area contributed by atoms with E-state index in [-0.39, 0.29) is 17.8 Å². The van der Waals surface area contributed by atoms with Gasteiger partial charge in [-0.1, -0.05) is 24.3 Å². The summed E-state index contributed by atoms with van der Waals surface area (Å²) in [6, 6.07) is -0.264. The van der Waals surface area contributed by atoms with Crippen molar-refractivity contribution < 1.29 is 30.9 Å². The van der Waals surface area contributed by atoms with Crippen LogP contribution in [0.5, 0.6) is 0 Å². The maximum atomic E-state index is 13.4. The van der Waals surface area contributed by atoms with Gasteiger partial charge in [0.2, 0.25) is 0 Å². The van der Waals surface area contributed by atoms with Crippen molar-refractivity contribution >= 4 is 10.1 Å². The molecule has 0 aromatic heterocycles. The topological polar surface area (TPSA) is 70.1 Å². The van der Waals surface area contributed by atoms with Crippen molar-refractivity contribution in [1.82, 2.24) is 9.80 Å². The van der Waals surface area contributed by atoms with Crippen molar-refractivity contribution in [3.8, 4) is 0 Å². The van der Waals surface area contributed by atoms with Gasteiger partial charge in [-0.05, 0) is 89.9 Å². The Morgan fingerprint density at radius 1 is 1.00 bits per heavy atom. The fourth-order valence-corrected chi connectivity index (χ4v) is 8.06. The van der Waals surface area contributed by atoms with Gasteiger partial charge in [-0.15, -0.1) is 0 Å². The van der Waals surface area contributed by atoms with Crippen LogP contribution in [0.15, 0.2) is 36.1 Å². The molecule has 5 rings (SSSR count). The summed E-state index contributed by atoms with van der Waals surface area (Å²) >= 11 is 0. The second-order valence-corrected chi connectivity index (χ2v) is 12.8. The van der Waals surface area contributed by atoms with Crippen molar-refractivity contribution in [2.24, 2.45) is 11.3 Å². The molecule has 6 atom stereocenters. The molecule has 1 aliphatic carbocycles. The zero-order valence-corrected chi connectivity index (χ0v) is 21.4. The van der Waals surface area contributed by atoms with Crippen LogP contribution in [0.4, 0.5) is 13.2 Å². The van der Waals surface area contributed by atoms with E-state index in [0.29, 0.717) is 38.8 Å². The van der Waals surface area contributed by atoms with Crippen LogP contribution in [0.2, 0.25) is 0 Å². The highest BCUT2D eigenvalue weighted by Crippen LogP contribution is 2.60. The van der Waals surface area contributed by atoms with Crippen LogP contribution in [0, 0.1) is 11.3 Å². The number of piperidine rings is 1. The summed E-state index contributed by atoms with van der Waals surface area (Å²) in [5.41, 5.74) is -7.63. The summed E-state index contributed by atoms with van der Waals surface area (Å²) in [6.07, 6.45) is 17.9. The van der Waals surface area contributed by atoms with Gasteiger partial charge in [0, 0.05) is 23.9 Å². The molecule has 0 saturated carbocycles. The number of allylic oxidation sites excluding steroid dienone is 4. The van der Waals surface area contributed by atoms with Crippen molar-refractivity contribution in [2.75, 3.05) is 26.2 Å². The molecular formula is C26H37F3N2O4S. The third-order valence-electron chi connectivity index (χ3n) is 8.90. The predicted octanol–water partition coefficient (Wildman–Crippen LogP) is 4.49. The van der Waals surface area contributed by atoms with Gasteiger partial charge in [0.05, 0.1) is 6.04 Å². The molecule has 4 heterocycles. The van der Waals surface area contributed by atoms with Gasteiger partial charge < -0.3 is 14.2 Å². The van der Waals surface area contributed by atoms with E-state index < -0.39 is 32.6 Å². The van der Waals surface area contributed by atoms with Gasteiger partial charge in [0.15, 0.2) is 0 Å². The molecule has 6 nitrogen and oxygen atoms in total. The normalized spacial score (nSPS) is 41.8. The van der Waals surface area contributed by atoms with E-state index in [1.54, 1.807) is 0 Å². The SMILES string of the molecule is O=S(=O)(OC1=C[C@@]2(O)CC/C=C\CCCCN3CC[C@@H]1[C@]1(C[C@@H]4/C=C\CCCCN4[C@H]12)C3)C(F)(F)F. The quantitative estimate of drug-likeness (QED) is 0.322. The van der Waals surface area contributed by atoms with E-state index in [4.69, 9.17) is 4.18 Å². The maximum Gasteiger partial charge on any atom is 0.534 e. The Kier molecular flexibility index (Phi) is 7.11. The Hall–Kier alpha value is -1.36. The molecule has 2 fully saturated rings. The monoisotopic (exact) mass is 530 g/mol. The number of aliphatic hydroxyl groups is 1. The number of alkyl halides is 3. The highest BCUT2D eigenvalue weighted by molar-refractivity contribution is 7.87. The highest BCUT2D eigenvalue weighted by atomic mass is 32.2. The third kappa shape index (κ3) is 4.67. The standard InChI is InChI=1S/C26H37F3N2O4S/c27-26(28,29)36(33,34)35-22-18-25(32)13-8-4-1-2-5-9-14-30-16-12-21(22)24(19-30)17-20-11-7-3-6-10-15-31(20)23(24)25/h1,4,7,11,18,20-21,23,32H,2-3,5-6,8-10,12-17,19H2/b4-1-,11-7-/t20-,21-,23+,24-,25-/m0/s1. The molecule has 0 aromatic carbocycles. The van der Waals surface area contributed by atoms with Gasteiger partial charge in [0.1, 0.15) is 11.4 Å². The number of halogens is 3. The third-order valence-corrected chi connectivity index (χ3v) is 9.88. The van der Waals surface area contributed by atoms with Gasteiger partial charge >= 0.3 is 15.6 Å². The molecule has 1 unspecified atom stereocenters. The fraction of sp³-hybridized carbons (Fsp3) is 0.769. The Morgan fingerprint density at radius 2 is 1.72 bits per heavy atom. The lowest BCUT2D eigenvalue weighted by atomic mass is 9.57. The number of nitrogens with zero attached hydrogens (tertiary/aromatic N) is 2. The first-order valence-electron chi connectivity index (χ1n) is 13.3. The van der Waals surface area contributed by atoms with Gasteiger partial charge in [-0.2, -0.15) is 21.6 Å². The van der Waals surface area contributed by atoms with E-state index in [0.717, 1.165) is 51.6 Å². The molecule has 0 radical (unpaired) electrons. The van der Waals surface area contributed by atoms with Crippen LogP contribution in [0.3, 0.4) is 0 Å². The minimum atomic E-state index is -5.84. The van der Waals surface area contributed by atoms with E-state index in [1.807, 2.05) is 6.08 Å². The Morgan fingerprint density at radius 3 is 2.50 bits per heavy atom. The smallest absolute Gasteiger partial charge is 0.384 e. The molecule has 0 amide bonds. The average molecular weight is 531 g/mol. The molecule has 202 valence electrons. The molecule has 10 heteroatoms. The molecule has 2 saturated heterocycles. The first-order valence-corrected chi connectivity index (χ1v) is 14.7. The summed E-state index contributed by atoms with van der Waals surface area (Å²) in [5, 5.41) is 12.3. The van der Waals surface area contributed by atoms with Gasteiger partial charge in [0.25, 0.3) is 0 Å². The molecule has 1 spiro atoms. The molecule has 5 aliphatic rings. The first-order chi connectivity index (χ1) is 17.1. The van der Waals surface area contributed by atoms with Crippen molar-refractivity contribution in [3.05, 3.63) is 36.1 Å². The fourth-order valence-electron chi connectivity index (χ4n) is 7.55. The molecule has 4 aliphatic heterocycles. The molecule has 3 bridgehead atoms. The summed E-state index contributed by atoms with van der Waals surface area (Å²) < 4.78 is 69.4. The van der Waals surface area contributed by atoms with Crippen LogP contribution >= 0.6 is 0 Å². The second kappa shape index (κ2) is 9.75. The highest BCUT2D eigenvalue weighted by Gasteiger charge is 2.67. The van der Waals surface area contributed by atoms with E-state index in [9.17, 15) is 26.7 Å². The van der Waals surface area contributed by atoms with Crippen LogP contribution < -0.4 is 0 Å². The minimum Gasteiger partial charge on any atom is -0.384 e. The number of fused-ring (bicyclic) bond motifs is 2. The largest absolute Gasteiger partial charge is 0.534 e. The van der Waals surface area contributed by atoms with Gasteiger partial charge in [-0.3, -0.25) is 4.90 Å². The van der Waals surface area contributed by atoms with Crippen molar-refractivity contribution in [1.29, 1.82) is 0 Å². The zero-order valence-electron chi connectivity index (χ0n) is 20.6. The molecular weight excluding hydrogens is 493 g/mol. The van der Waals surface area contributed by atoms with Crippen LogP contribution in [0.1, 0.15) is 64.2 Å². The average Bonchev–Trinajstić information content (AvgIpc) is 3.07. The molecule has 36 heavy (non-hydrogen) atoms. The number of hydrogen-bond donors (Lipinski definition) is 1. The van der Waals surface area contributed by atoms with Crippen LogP contribution in [0.25, 0.3) is 0 Å². The van der Waals surface area contributed by atoms with Crippen LogP contribution in [-0.4, -0.2) is 72.7 Å². The summed E-state index contributed by atoms with van der Waals surface area (Å²) in [6.45, 7) is 2.97. The van der Waals surface area contributed by atoms with E-state index >= 15 is 0 Å². The first kappa shape index (κ1) is 26.3. The zero-order chi connectivity index (χ0) is 25.6. The lowest BCUT2D eigenvalue weighted by molar-refractivity contribution is -0.107. The Bertz CT molecular complexity index is 1030. The summed E-state index contributed by atoms with van der Waals surface area (Å²) in [5.74, 6) is -0.720. The Labute approximate surface area is 212 Å². The lowest BCUT2D eigenvalue weighted by Crippen LogP contribution is -2.66. The summed E-state index contributed by atoms with van der Waals surface area (Å²) in [4.78, 5) is 4.73.